The van der Waals surface area contributed by atoms with Gasteiger partial charge in [0.15, 0.2) is 17.3 Å². The topological polar surface area (TPSA) is 72.2 Å². The minimum Gasteiger partial charge on any atom is -0.459 e. The first kappa shape index (κ1) is 22.9. The van der Waals surface area contributed by atoms with Crippen molar-refractivity contribution in [1.82, 2.24) is 9.80 Å². The Balaban J connectivity index is 1.54. The lowest BCUT2D eigenvalue weighted by Gasteiger charge is -2.27. The van der Waals surface area contributed by atoms with Gasteiger partial charge in [0.2, 0.25) is 12.7 Å². The van der Waals surface area contributed by atoms with Gasteiger partial charge in [-0.15, -0.1) is 11.3 Å². The van der Waals surface area contributed by atoms with E-state index in [1.54, 1.807) is 33.3 Å². The maximum Gasteiger partial charge on any atom is 0.290 e. The Bertz CT molecular complexity index is 1090. The highest BCUT2D eigenvalue weighted by Gasteiger charge is 2.25. The van der Waals surface area contributed by atoms with Crippen LogP contribution in [0.25, 0.3) is 0 Å². The molecule has 0 saturated carbocycles. The van der Waals surface area contributed by atoms with Gasteiger partial charge in [-0.05, 0) is 60.2 Å². The van der Waals surface area contributed by atoms with Crippen LogP contribution in [0.15, 0.2) is 52.5 Å². The van der Waals surface area contributed by atoms with E-state index in [-0.39, 0.29) is 30.9 Å². The predicted molar refractivity (Wildman–Crippen MR) is 125 cm³/mol. The van der Waals surface area contributed by atoms with Gasteiger partial charge in [-0.1, -0.05) is 19.4 Å². The molecule has 0 radical (unpaired) electrons. The second-order valence-electron chi connectivity index (χ2n) is 8.02. The van der Waals surface area contributed by atoms with Gasteiger partial charge < -0.3 is 23.7 Å². The van der Waals surface area contributed by atoms with Gasteiger partial charge >= 0.3 is 0 Å². The van der Waals surface area contributed by atoms with E-state index in [0.717, 1.165) is 28.8 Å². The number of nitrogens with zero attached hydrogens (tertiary/aromatic N) is 2. The Hall–Kier alpha value is -3.26. The zero-order valence-electron chi connectivity index (χ0n) is 18.9. The van der Waals surface area contributed by atoms with E-state index in [4.69, 9.17) is 13.9 Å². The Morgan fingerprint density at radius 1 is 1.06 bits per heavy atom. The summed E-state index contributed by atoms with van der Waals surface area (Å²) in [4.78, 5) is 31.0. The third-order valence-electron chi connectivity index (χ3n) is 5.59. The largest absolute Gasteiger partial charge is 0.459 e. The maximum atomic E-state index is 13.5. The van der Waals surface area contributed by atoms with E-state index in [1.165, 1.54) is 6.26 Å². The number of hydrogen-bond acceptors (Lipinski definition) is 6. The number of amides is 2. The van der Waals surface area contributed by atoms with E-state index in [0.29, 0.717) is 31.1 Å². The van der Waals surface area contributed by atoms with E-state index in [2.05, 4.69) is 13.0 Å². The van der Waals surface area contributed by atoms with Crippen molar-refractivity contribution in [2.75, 3.05) is 19.9 Å². The molecule has 4 rings (SSSR count). The number of thiophene rings is 1. The molecule has 3 aromatic rings. The second kappa shape index (κ2) is 10.6. The number of rotatable bonds is 10. The van der Waals surface area contributed by atoms with Crippen molar-refractivity contribution >= 4 is 23.2 Å². The smallest absolute Gasteiger partial charge is 0.290 e. The SMILES string of the molecule is CCCCN(CC(=O)N(Cc1ccc2c(c1)OCO2)Cc1sccc1C)C(=O)c1ccco1. The summed E-state index contributed by atoms with van der Waals surface area (Å²) in [7, 11) is 0. The number of aryl methyl sites for hydroxylation is 1. The molecule has 0 fully saturated rings. The highest BCUT2D eigenvalue weighted by Crippen LogP contribution is 2.33. The molecule has 1 aliphatic rings. The van der Waals surface area contributed by atoms with Crippen molar-refractivity contribution in [2.45, 2.75) is 39.8 Å². The molecule has 0 N–H and O–H groups in total. The lowest BCUT2D eigenvalue weighted by molar-refractivity contribution is -0.133. The summed E-state index contributed by atoms with van der Waals surface area (Å²) in [5, 5.41) is 2.03. The number of benzene rings is 1. The van der Waals surface area contributed by atoms with Gasteiger partial charge in [0.05, 0.1) is 12.8 Å². The van der Waals surface area contributed by atoms with E-state index in [9.17, 15) is 9.59 Å². The average Bonchev–Trinajstić information content (AvgIpc) is 3.58. The Labute approximate surface area is 197 Å². The third-order valence-corrected chi connectivity index (χ3v) is 6.60. The van der Waals surface area contributed by atoms with Crippen LogP contribution >= 0.6 is 11.3 Å². The van der Waals surface area contributed by atoms with Crippen molar-refractivity contribution in [3.63, 3.8) is 0 Å². The predicted octanol–water partition coefficient (Wildman–Crippen LogP) is 4.85. The third kappa shape index (κ3) is 5.57. The minimum atomic E-state index is -0.267. The zero-order chi connectivity index (χ0) is 23.2. The van der Waals surface area contributed by atoms with Crippen LogP contribution in [0.4, 0.5) is 0 Å². The van der Waals surface area contributed by atoms with Crippen LogP contribution in [0.1, 0.15) is 46.3 Å². The number of fused-ring (bicyclic) bond motifs is 1. The van der Waals surface area contributed by atoms with Gasteiger partial charge in [0, 0.05) is 18.0 Å². The van der Waals surface area contributed by atoms with Crippen LogP contribution in [0.3, 0.4) is 0 Å². The van der Waals surface area contributed by atoms with Crippen molar-refractivity contribution in [3.05, 3.63) is 69.8 Å². The normalized spacial score (nSPS) is 12.1. The summed E-state index contributed by atoms with van der Waals surface area (Å²) in [6.07, 6.45) is 3.20. The first-order valence-electron chi connectivity index (χ1n) is 11.1. The number of furan rings is 1. The second-order valence-corrected chi connectivity index (χ2v) is 9.02. The van der Waals surface area contributed by atoms with Gasteiger partial charge in [0.25, 0.3) is 5.91 Å². The van der Waals surface area contributed by atoms with Crippen molar-refractivity contribution in [1.29, 1.82) is 0 Å². The summed E-state index contributed by atoms with van der Waals surface area (Å²) in [6, 6.07) is 11.1. The molecule has 1 aliphatic heterocycles. The van der Waals surface area contributed by atoms with Crippen LogP contribution in [0.5, 0.6) is 11.5 Å². The fourth-order valence-corrected chi connectivity index (χ4v) is 4.57. The molecule has 0 aliphatic carbocycles. The molecule has 0 bridgehead atoms. The van der Waals surface area contributed by atoms with Crippen LogP contribution in [-0.2, 0) is 17.9 Å². The maximum absolute atomic E-state index is 13.5. The fraction of sp³-hybridized carbons (Fsp3) is 0.360. The molecule has 8 heteroatoms. The molecule has 33 heavy (non-hydrogen) atoms. The molecule has 0 unspecified atom stereocenters. The first-order chi connectivity index (χ1) is 16.0. The van der Waals surface area contributed by atoms with Gasteiger partial charge in [0.1, 0.15) is 6.54 Å². The minimum absolute atomic E-state index is 0.00545. The Morgan fingerprint density at radius 2 is 1.91 bits per heavy atom. The molecule has 3 heterocycles. The first-order valence-corrected chi connectivity index (χ1v) is 11.9. The number of hydrogen-bond donors (Lipinski definition) is 0. The summed E-state index contributed by atoms with van der Waals surface area (Å²) in [6.45, 7) is 5.69. The van der Waals surface area contributed by atoms with Crippen molar-refractivity contribution in [2.24, 2.45) is 0 Å². The van der Waals surface area contributed by atoms with Crippen LogP contribution < -0.4 is 9.47 Å². The molecule has 174 valence electrons. The molecule has 2 amide bonds. The Kier molecular flexibility index (Phi) is 7.34. The lowest BCUT2D eigenvalue weighted by atomic mass is 10.1. The quantitative estimate of drug-likeness (QED) is 0.425. The summed E-state index contributed by atoms with van der Waals surface area (Å²) < 4.78 is 16.2. The molecule has 0 spiro atoms. The van der Waals surface area contributed by atoms with E-state index < -0.39 is 0 Å². The standard InChI is InChI=1S/C25H28N2O5S/c1-3-4-10-26(25(29)21-6-5-11-30-21)16-24(28)27(15-23-18(2)9-12-33-23)14-19-7-8-20-22(13-19)32-17-31-20/h5-9,11-13H,3-4,10,14-17H2,1-2H3. The molecule has 7 nitrogen and oxygen atoms in total. The number of carbonyl (C=O) groups excluding carboxylic acids is 2. The van der Waals surface area contributed by atoms with Gasteiger partial charge in [-0.3, -0.25) is 9.59 Å². The molecular formula is C25H28N2O5S. The monoisotopic (exact) mass is 468 g/mol. The van der Waals surface area contributed by atoms with Crippen LogP contribution in [-0.4, -0.2) is 41.5 Å². The van der Waals surface area contributed by atoms with Crippen LogP contribution in [0, 0.1) is 6.92 Å². The molecule has 2 aromatic heterocycles. The molecule has 0 saturated heterocycles. The summed E-state index contributed by atoms with van der Waals surface area (Å²) in [5.74, 6) is 1.26. The highest BCUT2D eigenvalue weighted by molar-refractivity contribution is 7.10. The zero-order valence-corrected chi connectivity index (χ0v) is 19.7. The fourth-order valence-electron chi connectivity index (χ4n) is 3.65. The average molecular weight is 469 g/mol. The summed E-state index contributed by atoms with van der Waals surface area (Å²) in [5.41, 5.74) is 2.09. The van der Waals surface area contributed by atoms with Crippen molar-refractivity contribution in [3.8, 4) is 11.5 Å². The van der Waals surface area contributed by atoms with Crippen molar-refractivity contribution < 1.29 is 23.5 Å². The van der Waals surface area contributed by atoms with Crippen LogP contribution in [0.2, 0.25) is 0 Å². The number of carbonyl (C=O) groups is 2. The lowest BCUT2D eigenvalue weighted by Crippen LogP contribution is -2.42. The molecule has 1 aromatic carbocycles. The summed E-state index contributed by atoms with van der Waals surface area (Å²) >= 11 is 1.63. The van der Waals surface area contributed by atoms with E-state index in [1.807, 2.05) is 30.5 Å². The van der Waals surface area contributed by atoms with Gasteiger partial charge in [-0.2, -0.15) is 0 Å². The van der Waals surface area contributed by atoms with Gasteiger partial charge in [-0.25, -0.2) is 0 Å². The number of unbranched alkanes of at least 4 members (excludes halogenated alkanes) is 1. The highest BCUT2D eigenvalue weighted by atomic mass is 32.1. The Morgan fingerprint density at radius 3 is 2.64 bits per heavy atom. The van der Waals surface area contributed by atoms with E-state index >= 15 is 0 Å². The molecule has 0 atom stereocenters. The number of ether oxygens (including phenoxy) is 2. The molecular weight excluding hydrogens is 440 g/mol.